The van der Waals surface area contributed by atoms with Crippen molar-refractivity contribution in [3.05, 3.63) is 23.0 Å². The lowest BCUT2D eigenvalue weighted by atomic mass is 10.2. The smallest absolute Gasteiger partial charge is 0.226 e. The summed E-state index contributed by atoms with van der Waals surface area (Å²) in [6, 6.07) is 2.08. The largest absolute Gasteiger partial charge is 0.323 e. The SMILES string of the molecule is Cc1cnc(Cl)c(NC(=O)CC2CSCCN2)c1. The molecule has 18 heavy (non-hydrogen) atoms. The Labute approximate surface area is 116 Å². The highest BCUT2D eigenvalue weighted by Crippen LogP contribution is 2.20. The molecule has 6 heteroatoms. The lowest BCUT2D eigenvalue weighted by Crippen LogP contribution is -2.39. The molecule has 0 spiro atoms. The van der Waals surface area contributed by atoms with Gasteiger partial charge in [-0.3, -0.25) is 4.79 Å². The zero-order valence-electron chi connectivity index (χ0n) is 10.2. The van der Waals surface area contributed by atoms with Gasteiger partial charge in [0.2, 0.25) is 5.91 Å². The summed E-state index contributed by atoms with van der Waals surface area (Å²) < 4.78 is 0. The first-order valence-electron chi connectivity index (χ1n) is 5.88. The summed E-state index contributed by atoms with van der Waals surface area (Å²) in [5.74, 6) is 2.07. The van der Waals surface area contributed by atoms with Crippen LogP contribution < -0.4 is 10.6 Å². The highest BCUT2D eigenvalue weighted by Gasteiger charge is 2.17. The third kappa shape index (κ3) is 3.86. The van der Waals surface area contributed by atoms with Crippen molar-refractivity contribution in [3.8, 4) is 0 Å². The molecule has 0 radical (unpaired) electrons. The Morgan fingerprint density at radius 2 is 2.56 bits per heavy atom. The monoisotopic (exact) mass is 285 g/mol. The summed E-state index contributed by atoms with van der Waals surface area (Å²) in [4.78, 5) is 15.9. The number of halogens is 1. The van der Waals surface area contributed by atoms with Crippen molar-refractivity contribution in [2.24, 2.45) is 0 Å². The van der Waals surface area contributed by atoms with Gasteiger partial charge in [-0.25, -0.2) is 4.98 Å². The van der Waals surface area contributed by atoms with Gasteiger partial charge < -0.3 is 10.6 Å². The minimum absolute atomic E-state index is 0.0238. The van der Waals surface area contributed by atoms with Crippen LogP contribution in [0.3, 0.4) is 0 Å². The number of nitrogens with zero attached hydrogens (tertiary/aromatic N) is 1. The van der Waals surface area contributed by atoms with Gasteiger partial charge in [-0.05, 0) is 18.6 Å². The Morgan fingerprint density at radius 1 is 1.72 bits per heavy atom. The molecule has 1 aliphatic heterocycles. The molecule has 1 atom stereocenters. The number of aromatic nitrogens is 1. The second-order valence-corrected chi connectivity index (χ2v) is 5.84. The van der Waals surface area contributed by atoms with Gasteiger partial charge in [-0.2, -0.15) is 11.8 Å². The van der Waals surface area contributed by atoms with Crippen LogP contribution in [0.4, 0.5) is 5.69 Å². The van der Waals surface area contributed by atoms with E-state index in [0.29, 0.717) is 17.3 Å². The number of hydrogen-bond donors (Lipinski definition) is 2. The first-order valence-corrected chi connectivity index (χ1v) is 7.41. The molecule has 1 aliphatic rings. The van der Waals surface area contributed by atoms with Crippen molar-refractivity contribution < 1.29 is 4.79 Å². The summed E-state index contributed by atoms with van der Waals surface area (Å²) >= 11 is 7.81. The van der Waals surface area contributed by atoms with Gasteiger partial charge in [0.1, 0.15) is 0 Å². The van der Waals surface area contributed by atoms with Crippen LogP contribution in [0.5, 0.6) is 0 Å². The highest BCUT2D eigenvalue weighted by molar-refractivity contribution is 7.99. The fourth-order valence-corrected chi connectivity index (χ4v) is 2.92. The average molecular weight is 286 g/mol. The Hall–Kier alpha value is -0.780. The van der Waals surface area contributed by atoms with Gasteiger partial charge >= 0.3 is 0 Å². The summed E-state index contributed by atoms with van der Waals surface area (Å²) in [6.45, 7) is 2.88. The number of aryl methyl sites for hydroxylation is 1. The topological polar surface area (TPSA) is 54.0 Å². The van der Waals surface area contributed by atoms with Crippen molar-refractivity contribution in [1.82, 2.24) is 10.3 Å². The maximum absolute atomic E-state index is 11.9. The number of rotatable bonds is 3. The molecule has 1 fully saturated rings. The first kappa shape index (κ1) is 13.6. The fourth-order valence-electron chi connectivity index (χ4n) is 1.82. The van der Waals surface area contributed by atoms with E-state index in [0.717, 1.165) is 23.6 Å². The van der Waals surface area contributed by atoms with E-state index in [9.17, 15) is 4.79 Å². The van der Waals surface area contributed by atoms with Crippen molar-refractivity contribution in [2.45, 2.75) is 19.4 Å². The zero-order valence-corrected chi connectivity index (χ0v) is 11.8. The second-order valence-electron chi connectivity index (χ2n) is 4.33. The average Bonchev–Trinajstić information content (AvgIpc) is 2.35. The molecule has 2 rings (SSSR count). The Morgan fingerprint density at radius 3 is 3.28 bits per heavy atom. The van der Waals surface area contributed by atoms with E-state index < -0.39 is 0 Å². The molecule has 1 aromatic heterocycles. The van der Waals surface area contributed by atoms with E-state index in [4.69, 9.17) is 11.6 Å². The summed E-state index contributed by atoms with van der Waals surface area (Å²) in [5.41, 5.74) is 1.56. The van der Waals surface area contributed by atoms with Gasteiger partial charge in [0, 0.05) is 36.7 Å². The number of carbonyl (C=O) groups is 1. The van der Waals surface area contributed by atoms with Gasteiger partial charge in [0.05, 0.1) is 5.69 Å². The van der Waals surface area contributed by atoms with Gasteiger partial charge in [0.25, 0.3) is 0 Å². The summed E-state index contributed by atoms with van der Waals surface area (Å²) in [5, 5.41) is 6.48. The molecule has 1 unspecified atom stereocenters. The lowest BCUT2D eigenvalue weighted by molar-refractivity contribution is -0.116. The number of carbonyl (C=O) groups excluding carboxylic acids is 1. The summed E-state index contributed by atoms with van der Waals surface area (Å²) in [6.07, 6.45) is 2.15. The van der Waals surface area contributed by atoms with Gasteiger partial charge in [-0.1, -0.05) is 11.6 Å². The van der Waals surface area contributed by atoms with E-state index in [-0.39, 0.29) is 11.9 Å². The molecule has 2 heterocycles. The maximum Gasteiger partial charge on any atom is 0.226 e. The zero-order chi connectivity index (χ0) is 13.0. The molecule has 1 amide bonds. The summed E-state index contributed by atoms with van der Waals surface area (Å²) in [7, 11) is 0. The Bertz CT molecular complexity index is 435. The van der Waals surface area contributed by atoms with Crippen LogP contribution in [-0.4, -0.2) is 35.0 Å². The highest BCUT2D eigenvalue weighted by atomic mass is 35.5. The van der Waals surface area contributed by atoms with Crippen LogP contribution >= 0.6 is 23.4 Å². The standard InChI is InChI=1S/C12H16ClN3OS/c1-8-4-10(12(13)15-6-8)16-11(17)5-9-7-18-3-2-14-9/h4,6,9,14H,2-3,5,7H2,1H3,(H,16,17). The number of nitrogens with one attached hydrogen (secondary N) is 2. The molecular formula is C12H16ClN3OS. The Balaban J connectivity index is 1.92. The van der Waals surface area contributed by atoms with Gasteiger partial charge in [-0.15, -0.1) is 0 Å². The molecule has 2 N–H and O–H groups in total. The number of pyridine rings is 1. The molecule has 0 aliphatic carbocycles. The number of thioether (sulfide) groups is 1. The quantitative estimate of drug-likeness (QED) is 0.835. The van der Waals surface area contributed by atoms with Crippen molar-refractivity contribution in [1.29, 1.82) is 0 Å². The van der Waals surface area contributed by atoms with Crippen LogP contribution in [0.15, 0.2) is 12.3 Å². The molecule has 1 aromatic rings. The maximum atomic E-state index is 11.9. The van der Waals surface area contributed by atoms with E-state index in [1.54, 1.807) is 6.20 Å². The van der Waals surface area contributed by atoms with E-state index in [2.05, 4.69) is 15.6 Å². The van der Waals surface area contributed by atoms with Crippen LogP contribution in [0, 0.1) is 6.92 Å². The van der Waals surface area contributed by atoms with Crippen molar-refractivity contribution in [2.75, 3.05) is 23.4 Å². The molecule has 98 valence electrons. The number of hydrogen-bond acceptors (Lipinski definition) is 4. The fraction of sp³-hybridized carbons (Fsp3) is 0.500. The van der Waals surface area contributed by atoms with Crippen molar-refractivity contribution >= 4 is 35.0 Å². The Kier molecular flexibility index (Phi) is 4.86. The molecule has 4 nitrogen and oxygen atoms in total. The van der Waals surface area contributed by atoms with Gasteiger partial charge in [0.15, 0.2) is 5.15 Å². The van der Waals surface area contributed by atoms with Crippen LogP contribution in [0.25, 0.3) is 0 Å². The molecule has 0 saturated carbocycles. The molecular weight excluding hydrogens is 270 g/mol. The van der Waals surface area contributed by atoms with Crippen LogP contribution in [0.2, 0.25) is 5.15 Å². The minimum atomic E-state index is -0.0238. The van der Waals surface area contributed by atoms with Crippen LogP contribution in [-0.2, 0) is 4.79 Å². The van der Waals surface area contributed by atoms with Crippen LogP contribution in [0.1, 0.15) is 12.0 Å². The predicted molar refractivity (Wildman–Crippen MR) is 76.3 cm³/mol. The second kappa shape index (κ2) is 6.41. The van der Waals surface area contributed by atoms with E-state index >= 15 is 0 Å². The third-order valence-corrected chi connectivity index (χ3v) is 4.11. The molecule has 0 bridgehead atoms. The third-order valence-electron chi connectivity index (χ3n) is 2.68. The molecule has 0 aromatic carbocycles. The lowest BCUT2D eigenvalue weighted by Gasteiger charge is -2.22. The minimum Gasteiger partial charge on any atom is -0.323 e. The van der Waals surface area contributed by atoms with E-state index in [1.807, 2.05) is 24.8 Å². The van der Waals surface area contributed by atoms with E-state index in [1.165, 1.54) is 0 Å². The predicted octanol–water partition coefficient (Wildman–Crippen LogP) is 2.08. The number of anilines is 1. The normalized spacial score (nSPS) is 19.6. The number of amides is 1. The molecule has 1 saturated heterocycles. The first-order chi connectivity index (χ1) is 8.65. The van der Waals surface area contributed by atoms with Crippen molar-refractivity contribution in [3.63, 3.8) is 0 Å².